The van der Waals surface area contributed by atoms with Crippen molar-refractivity contribution in [3.63, 3.8) is 0 Å². The largest absolute Gasteiger partial charge is 0.329 e. The lowest BCUT2D eigenvalue weighted by Gasteiger charge is -2.39. The quantitative estimate of drug-likeness (QED) is 0.928. The highest BCUT2D eigenvalue weighted by Crippen LogP contribution is 2.25. The fraction of sp³-hybridized carbons (Fsp3) is 0.571. The Morgan fingerprint density at radius 2 is 2.28 bits per heavy atom. The number of halogens is 2. The average molecular weight is 315 g/mol. The van der Waals surface area contributed by atoms with E-state index in [-0.39, 0.29) is 5.82 Å². The first kappa shape index (κ1) is 14.0. The highest BCUT2D eigenvalue weighted by Gasteiger charge is 2.27. The van der Waals surface area contributed by atoms with Crippen molar-refractivity contribution in [3.05, 3.63) is 34.1 Å². The fourth-order valence-electron chi connectivity index (χ4n) is 2.78. The summed E-state index contributed by atoms with van der Waals surface area (Å²) >= 11 is 3.24. The molecule has 2 N–H and O–H groups in total. The first-order valence-corrected chi connectivity index (χ1v) is 7.29. The molecular formula is C14H20BrFN2. The molecule has 1 aromatic carbocycles. The third-order valence-corrected chi connectivity index (χ3v) is 4.45. The highest BCUT2D eigenvalue weighted by atomic mass is 79.9. The highest BCUT2D eigenvalue weighted by molar-refractivity contribution is 9.10. The van der Waals surface area contributed by atoms with Crippen molar-refractivity contribution in [2.45, 2.75) is 32.4 Å². The lowest BCUT2D eigenvalue weighted by Crippen LogP contribution is -2.47. The smallest absolute Gasteiger partial charge is 0.137 e. The molecule has 0 bridgehead atoms. The van der Waals surface area contributed by atoms with Crippen LogP contribution in [0.15, 0.2) is 22.7 Å². The van der Waals surface area contributed by atoms with E-state index in [1.165, 1.54) is 18.9 Å². The van der Waals surface area contributed by atoms with Crippen LogP contribution in [0.5, 0.6) is 0 Å². The average Bonchev–Trinajstić information content (AvgIpc) is 2.34. The van der Waals surface area contributed by atoms with Crippen molar-refractivity contribution in [3.8, 4) is 0 Å². The van der Waals surface area contributed by atoms with E-state index in [1.807, 2.05) is 12.1 Å². The summed E-state index contributed by atoms with van der Waals surface area (Å²) in [5, 5.41) is 0. The van der Waals surface area contributed by atoms with E-state index < -0.39 is 0 Å². The van der Waals surface area contributed by atoms with Gasteiger partial charge in [-0.25, -0.2) is 4.39 Å². The molecule has 2 atom stereocenters. The molecule has 2 rings (SSSR count). The van der Waals surface area contributed by atoms with Crippen LogP contribution in [0.25, 0.3) is 0 Å². The van der Waals surface area contributed by atoms with Crippen LogP contribution in [0.4, 0.5) is 4.39 Å². The van der Waals surface area contributed by atoms with Crippen molar-refractivity contribution in [1.29, 1.82) is 0 Å². The van der Waals surface area contributed by atoms with Crippen LogP contribution >= 0.6 is 15.9 Å². The van der Waals surface area contributed by atoms with Gasteiger partial charge < -0.3 is 5.73 Å². The molecule has 1 heterocycles. The Morgan fingerprint density at radius 1 is 1.50 bits per heavy atom. The Kier molecular flexibility index (Phi) is 4.76. The standard InChI is InChI=1S/C14H20BrFN2/c1-10-3-2-6-18(14(10)8-17)9-11-4-5-13(16)12(15)7-11/h4-5,7,10,14H,2-3,6,8-9,17H2,1H3. The summed E-state index contributed by atoms with van der Waals surface area (Å²) in [6.45, 7) is 4.90. The van der Waals surface area contributed by atoms with Gasteiger partial charge in [0.25, 0.3) is 0 Å². The van der Waals surface area contributed by atoms with Crippen molar-refractivity contribution >= 4 is 15.9 Å². The number of nitrogens with two attached hydrogens (primary N) is 1. The van der Waals surface area contributed by atoms with Crippen LogP contribution in [0, 0.1) is 11.7 Å². The first-order valence-electron chi connectivity index (χ1n) is 6.50. The van der Waals surface area contributed by atoms with Crippen LogP contribution < -0.4 is 5.73 Å². The molecule has 1 aliphatic heterocycles. The second-order valence-electron chi connectivity index (χ2n) is 5.14. The third kappa shape index (κ3) is 3.11. The zero-order chi connectivity index (χ0) is 13.1. The molecule has 0 spiro atoms. The molecule has 1 aliphatic rings. The summed E-state index contributed by atoms with van der Waals surface area (Å²) in [4.78, 5) is 2.42. The summed E-state index contributed by atoms with van der Waals surface area (Å²) in [6.07, 6.45) is 2.48. The van der Waals surface area contributed by atoms with Gasteiger partial charge in [0.1, 0.15) is 5.82 Å². The number of benzene rings is 1. The summed E-state index contributed by atoms with van der Waals surface area (Å²) in [7, 11) is 0. The first-order chi connectivity index (χ1) is 8.61. The van der Waals surface area contributed by atoms with Gasteiger partial charge in [0.2, 0.25) is 0 Å². The maximum Gasteiger partial charge on any atom is 0.137 e. The lowest BCUT2D eigenvalue weighted by molar-refractivity contribution is 0.0990. The van der Waals surface area contributed by atoms with Crippen LogP contribution in [0.2, 0.25) is 0 Å². The van der Waals surface area contributed by atoms with Gasteiger partial charge in [0.05, 0.1) is 4.47 Å². The van der Waals surface area contributed by atoms with E-state index in [4.69, 9.17) is 5.73 Å². The van der Waals surface area contributed by atoms with E-state index in [2.05, 4.69) is 27.8 Å². The number of hydrogen-bond acceptors (Lipinski definition) is 2. The van der Waals surface area contributed by atoms with E-state index >= 15 is 0 Å². The van der Waals surface area contributed by atoms with E-state index in [1.54, 1.807) is 0 Å². The Balaban J connectivity index is 2.09. The topological polar surface area (TPSA) is 29.3 Å². The normalized spacial score (nSPS) is 25.3. The Labute approximate surface area is 116 Å². The molecule has 1 saturated heterocycles. The lowest BCUT2D eigenvalue weighted by atomic mass is 9.90. The van der Waals surface area contributed by atoms with Gasteiger partial charge in [-0.3, -0.25) is 4.90 Å². The van der Waals surface area contributed by atoms with Crippen LogP contribution in [-0.4, -0.2) is 24.0 Å². The predicted octanol–water partition coefficient (Wildman–Crippen LogP) is 3.15. The van der Waals surface area contributed by atoms with Gasteiger partial charge in [-0.2, -0.15) is 0 Å². The molecule has 100 valence electrons. The van der Waals surface area contributed by atoms with Gasteiger partial charge in [0.15, 0.2) is 0 Å². The molecule has 1 fully saturated rings. The summed E-state index contributed by atoms with van der Waals surface area (Å²) in [5.74, 6) is 0.439. The van der Waals surface area contributed by atoms with Crippen LogP contribution in [0.3, 0.4) is 0 Å². The summed E-state index contributed by atoms with van der Waals surface area (Å²) in [5.41, 5.74) is 7.02. The molecule has 0 aliphatic carbocycles. The Hall–Kier alpha value is -0.450. The molecule has 2 nitrogen and oxygen atoms in total. The van der Waals surface area contributed by atoms with Gasteiger partial charge in [0, 0.05) is 19.1 Å². The fourth-order valence-corrected chi connectivity index (χ4v) is 3.21. The molecule has 0 radical (unpaired) electrons. The number of nitrogens with zero attached hydrogens (tertiary/aromatic N) is 1. The molecule has 1 aromatic rings. The van der Waals surface area contributed by atoms with E-state index in [0.29, 0.717) is 23.0 Å². The van der Waals surface area contributed by atoms with E-state index in [9.17, 15) is 4.39 Å². The molecule has 0 saturated carbocycles. The van der Waals surface area contributed by atoms with Crippen molar-refractivity contribution < 1.29 is 4.39 Å². The summed E-state index contributed by atoms with van der Waals surface area (Å²) in [6, 6.07) is 5.68. The molecule has 0 aromatic heterocycles. The minimum atomic E-state index is -0.207. The Bertz CT molecular complexity index is 411. The van der Waals surface area contributed by atoms with Gasteiger partial charge >= 0.3 is 0 Å². The molecule has 4 heteroatoms. The monoisotopic (exact) mass is 314 g/mol. The van der Waals surface area contributed by atoms with Gasteiger partial charge in [-0.05, 0) is 58.9 Å². The Morgan fingerprint density at radius 3 is 2.94 bits per heavy atom. The second kappa shape index (κ2) is 6.13. The van der Waals surface area contributed by atoms with Crippen molar-refractivity contribution in [1.82, 2.24) is 4.90 Å². The number of likely N-dealkylation sites (tertiary alicyclic amines) is 1. The van der Waals surface area contributed by atoms with E-state index in [0.717, 1.165) is 18.7 Å². The zero-order valence-corrected chi connectivity index (χ0v) is 12.3. The number of piperidine rings is 1. The summed E-state index contributed by atoms with van der Waals surface area (Å²) < 4.78 is 13.7. The second-order valence-corrected chi connectivity index (χ2v) is 6.00. The SMILES string of the molecule is CC1CCCN(Cc2ccc(F)c(Br)c2)C1CN. The zero-order valence-electron chi connectivity index (χ0n) is 10.7. The van der Waals surface area contributed by atoms with Gasteiger partial charge in [-0.1, -0.05) is 13.0 Å². The van der Waals surface area contributed by atoms with Gasteiger partial charge in [-0.15, -0.1) is 0 Å². The maximum atomic E-state index is 13.2. The van der Waals surface area contributed by atoms with Crippen LogP contribution in [0.1, 0.15) is 25.3 Å². The number of rotatable bonds is 3. The minimum absolute atomic E-state index is 0.207. The number of hydrogen-bond donors (Lipinski definition) is 1. The third-order valence-electron chi connectivity index (χ3n) is 3.84. The molecular weight excluding hydrogens is 295 g/mol. The predicted molar refractivity (Wildman–Crippen MR) is 75.8 cm³/mol. The van der Waals surface area contributed by atoms with Crippen LogP contribution in [-0.2, 0) is 6.54 Å². The molecule has 18 heavy (non-hydrogen) atoms. The molecule has 0 amide bonds. The van der Waals surface area contributed by atoms with Crippen molar-refractivity contribution in [2.24, 2.45) is 11.7 Å². The van der Waals surface area contributed by atoms with Crippen molar-refractivity contribution in [2.75, 3.05) is 13.1 Å². The molecule has 2 unspecified atom stereocenters. The maximum absolute atomic E-state index is 13.2. The minimum Gasteiger partial charge on any atom is -0.329 e.